The molecule has 1 aliphatic heterocycles. The average Bonchev–Trinajstić information content (AvgIpc) is 3.10. The second-order valence-electron chi connectivity index (χ2n) is 6.83. The van der Waals surface area contributed by atoms with Crippen LogP contribution in [0.5, 0.6) is 0 Å². The number of β-lactam (4-membered cyclic amide) rings is 1. The number of ether oxygens (including phenoxy) is 1. The summed E-state index contributed by atoms with van der Waals surface area (Å²) in [6.45, 7) is 2.32. The maximum atomic E-state index is 12.8. The highest BCUT2D eigenvalue weighted by molar-refractivity contribution is 7.84. The van der Waals surface area contributed by atoms with Crippen molar-refractivity contribution in [2.24, 2.45) is 5.16 Å². The molecule has 2 unspecified atom stereocenters. The van der Waals surface area contributed by atoms with Gasteiger partial charge < -0.3 is 25.7 Å². The van der Waals surface area contributed by atoms with Gasteiger partial charge in [-0.3, -0.25) is 18.9 Å². The molecule has 5 N–H and O–H groups in total. The lowest BCUT2D eigenvalue weighted by Crippen LogP contribution is -2.72. The molecule has 2 amide bonds. The number of esters is 1. The highest BCUT2D eigenvalue weighted by Crippen LogP contribution is 2.27. The molecule has 0 aromatic carbocycles. The number of nitrogen functional groups attached to an aromatic ring is 1. The fourth-order valence-electron chi connectivity index (χ4n) is 2.43. The van der Waals surface area contributed by atoms with Gasteiger partial charge in [-0.2, -0.15) is 8.42 Å². The van der Waals surface area contributed by atoms with Crippen molar-refractivity contribution in [3.05, 3.63) is 11.1 Å². The molecule has 1 aromatic heterocycles. The molecule has 2 heterocycles. The van der Waals surface area contributed by atoms with Crippen molar-refractivity contribution in [2.45, 2.75) is 38.0 Å². The first kappa shape index (κ1) is 25.0. The largest absolute Gasteiger partial charge is 0.478 e. The summed E-state index contributed by atoms with van der Waals surface area (Å²) < 4.78 is 36.6. The topological polar surface area (TPSA) is 228 Å². The van der Waals surface area contributed by atoms with Crippen LogP contribution in [0.1, 0.15) is 26.0 Å². The second kappa shape index (κ2) is 9.05. The van der Waals surface area contributed by atoms with Gasteiger partial charge in [0.25, 0.3) is 11.8 Å². The normalized spacial score (nSPS) is 19.2. The Bertz CT molecular complexity index is 1080. The zero-order valence-corrected chi connectivity index (χ0v) is 18.5. The zero-order valence-electron chi connectivity index (χ0n) is 16.8. The SMILES string of the molecule is COC(=O)CC1C(NC(=O)/C(=N\OC(C)(C)C(=O)O)c2csc(N)n2)C(=O)N1S(=O)(=O)O. The predicted molar refractivity (Wildman–Crippen MR) is 107 cm³/mol. The molecular weight excluding hydrogens is 474 g/mol. The fraction of sp³-hybridized carbons (Fsp3) is 0.467. The minimum Gasteiger partial charge on any atom is -0.478 e. The summed E-state index contributed by atoms with van der Waals surface area (Å²) in [6.07, 6.45) is -0.661. The third-order valence-electron chi connectivity index (χ3n) is 4.17. The quantitative estimate of drug-likeness (QED) is 0.0999. The van der Waals surface area contributed by atoms with Crippen LogP contribution in [0, 0.1) is 0 Å². The van der Waals surface area contributed by atoms with E-state index in [4.69, 9.17) is 15.7 Å². The Kier molecular flexibility index (Phi) is 7.06. The summed E-state index contributed by atoms with van der Waals surface area (Å²) in [5.74, 6) is -4.64. The molecule has 0 radical (unpaired) electrons. The summed E-state index contributed by atoms with van der Waals surface area (Å²) in [5, 5.41) is 16.2. The van der Waals surface area contributed by atoms with Gasteiger partial charge in [-0.25, -0.2) is 14.1 Å². The van der Waals surface area contributed by atoms with E-state index in [0.29, 0.717) is 0 Å². The number of aliphatic carboxylic acids is 1. The zero-order chi connectivity index (χ0) is 24.4. The Hall–Kier alpha value is -3.31. The number of rotatable bonds is 9. The molecule has 32 heavy (non-hydrogen) atoms. The number of nitrogens with two attached hydrogens (primary N) is 1. The van der Waals surface area contributed by atoms with Crippen LogP contribution >= 0.6 is 11.3 Å². The Morgan fingerprint density at radius 3 is 2.50 bits per heavy atom. The fourth-order valence-corrected chi connectivity index (χ4v) is 3.85. The number of carbonyl (C=O) groups is 4. The van der Waals surface area contributed by atoms with Gasteiger partial charge in [0.2, 0.25) is 5.60 Å². The number of hydrogen-bond acceptors (Lipinski definition) is 12. The predicted octanol–water partition coefficient (Wildman–Crippen LogP) is -1.63. The van der Waals surface area contributed by atoms with E-state index in [1.165, 1.54) is 5.38 Å². The number of carbonyl (C=O) groups excluding carboxylic acids is 3. The minimum absolute atomic E-state index is 0.0244. The van der Waals surface area contributed by atoms with Crippen molar-refractivity contribution >= 4 is 56.2 Å². The highest BCUT2D eigenvalue weighted by atomic mass is 32.2. The lowest BCUT2D eigenvalue weighted by Gasteiger charge is -2.43. The lowest BCUT2D eigenvalue weighted by molar-refractivity contribution is -0.161. The van der Waals surface area contributed by atoms with Crippen molar-refractivity contribution in [1.82, 2.24) is 14.6 Å². The van der Waals surface area contributed by atoms with E-state index in [1.54, 1.807) is 0 Å². The lowest BCUT2D eigenvalue weighted by atomic mass is 9.95. The Morgan fingerprint density at radius 1 is 1.41 bits per heavy atom. The van der Waals surface area contributed by atoms with Crippen LogP contribution in [0.2, 0.25) is 0 Å². The van der Waals surface area contributed by atoms with Gasteiger partial charge in [-0.05, 0) is 13.8 Å². The molecule has 2 atom stereocenters. The molecule has 176 valence electrons. The van der Waals surface area contributed by atoms with Gasteiger partial charge >= 0.3 is 22.2 Å². The standard InChI is InChI=1S/C15H19N5O10S2/c1-15(2,13(24)25)30-19-9(6-5-31-14(16)17-6)11(22)18-10-7(4-8(21)29-3)20(12(10)23)32(26,27)28/h5,7,10H,4H2,1-3H3,(H2,16,17)(H,18,22)(H,24,25)(H,26,27,28)/b19-9-. The maximum Gasteiger partial charge on any atom is 0.362 e. The Balaban J connectivity index is 2.34. The van der Waals surface area contributed by atoms with Gasteiger partial charge in [0.05, 0.1) is 19.6 Å². The molecular formula is C15H19N5O10S2. The van der Waals surface area contributed by atoms with Gasteiger partial charge in [0.15, 0.2) is 10.8 Å². The van der Waals surface area contributed by atoms with Crippen molar-refractivity contribution in [1.29, 1.82) is 0 Å². The first-order chi connectivity index (χ1) is 14.7. The number of anilines is 1. The number of oxime groups is 1. The number of thiazole rings is 1. The first-order valence-electron chi connectivity index (χ1n) is 8.58. The van der Waals surface area contributed by atoms with Crippen LogP contribution in [0.25, 0.3) is 0 Å². The number of hydrogen-bond donors (Lipinski definition) is 4. The number of carboxylic acids is 1. The maximum absolute atomic E-state index is 12.8. The number of nitrogens with one attached hydrogen (secondary N) is 1. The molecule has 1 fully saturated rings. The molecule has 0 spiro atoms. The van der Waals surface area contributed by atoms with E-state index >= 15 is 0 Å². The third-order valence-corrected chi connectivity index (χ3v) is 5.79. The molecule has 17 heteroatoms. The second-order valence-corrected chi connectivity index (χ2v) is 9.01. The van der Waals surface area contributed by atoms with Crippen molar-refractivity contribution in [3.63, 3.8) is 0 Å². The molecule has 1 aliphatic rings. The van der Waals surface area contributed by atoms with Gasteiger partial charge in [0.1, 0.15) is 11.7 Å². The summed E-state index contributed by atoms with van der Waals surface area (Å²) >= 11 is 0.930. The third kappa shape index (κ3) is 5.29. The average molecular weight is 493 g/mol. The molecule has 0 aliphatic carbocycles. The monoisotopic (exact) mass is 493 g/mol. The van der Waals surface area contributed by atoms with Gasteiger partial charge in [-0.1, -0.05) is 5.16 Å². The molecule has 2 rings (SSSR count). The molecule has 1 saturated heterocycles. The molecule has 15 nitrogen and oxygen atoms in total. The van der Waals surface area contributed by atoms with E-state index in [2.05, 4.69) is 20.2 Å². The summed E-state index contributed by atoms with van der Waals surface area (Å²) in [6, 6.07) is -3.04. The summed E-state index contributed by atoms with van der Waals surface area (Å²) in [5.41, 5.74) is 3.02. The van der Waals surface area contributed by atoms with Crippen LogP contribution in [0.15, 0.2) is 10.5 Å². The summed E-state index contributed by atoms with van der Waals surface area (Å²) in [7, 11) is -4.00. The summed E-state index contributed by atoms with van der Waals surface area (Å²) in [4.78, 5) is 56.6. The highest BCUT2D eigenvalue weighted by Gasteiger charge is 2.55. The van der Waals surface area contributed by atoms with Gasteiger partial charge in [0, 0.05) is 5.38 Å². The van der Waals surface area contributed by atoms with E-state index in [-0.39, 0.29) is 15.1 Å². The molecule has 0 saturated carbocycles. The molecule has 0 bridgehead atoms. The van der Waals surface area contributed by atoms with Crippen molar-refractivity contribution in [3.8, 4) is 0 Å². The smallest absolute Gasteiger partial charge is 0.362 e. The molecule has 1 aromatic rings. The number of methoxy groups -OCH3 is 1. The van der Waals surface area contributed by atoms with E-state index in [9.17, 15) is 32.1 Å². The van der Waals surface area contributed by atoms with Crippen LogP contribution in [0.3, 0.4) is 0 Å². The van der Waals surface area contributed by atoms with E-state index < -0.39 is 63.9 Å². The number of carboxylic acid groups (broad SMARTS) is 1. The van der Waals surface area contributed by atoms with Gasteiger partial charge in [-0.15, -0.1) is 11.3 Å². The van der Waals surface area contributed by atoms with Crippen LogP contribution in [-0.2, 0) is 39.1 Å². The van der Waals surface area contributed by atoms with Crippen LogP contribution in [0.4, 0.5) is 5.13 Å². The first-order valence-corrected chi connectivity index (χ1v) is 10.9. The van der Waals surface area contributed by atoms with E-state index in [0.717, 1.165) is 32.3 Å². The number of amides is 2. The Morgan fingerprint density at radius 2 is 2.03 bits per heavy atom. The van der Waals surface area contributed by atoms with Crippen LogP contribution < -0.4 is 11.1 Å². The minimum atomic E-state index is -5.02. The number of aromatic nitrogens is 1. The van der Waals surface area contributed by atoms with Crippen molar-refractivity contribution in [2.75, 3.05) is 12.8 Å². The number of nitrogens with zero attached hydrogens (tertiary/aromatic N) is 3. The van der Waals surface area contributed by atoms with Crippen molar-refractivity contribution < 1.29 is 46.8 Å². The van der Waals surface area contributed by atoms with Crippen LogP contribution in [-0.4, -0.2) is 81.6 Å². The Labute approximate surface area is 185 Å². The van der Waals surface area contributed by atoms with E-state index in [1.807, 2.05) is 0 Å².